The highest BCUT2D eigenvalue weighted by Crippen LogP contribution is 2.27. The van der Waals surface area contributed by atoms with E-state index in [-0.39, 0.29) is 0 Å². The summed E-state index contributed by atoms with van der Waals surface area (Å²) in [5, 5.41) is 3.57. The maximum atomic E-state index is 5.83. The normalized spacial score (nSPS) is 21.4. The number of nitrogens with one attached hydrogen (secondary N) is 1. The minimum absolute atomic E-state index is 0.512. The average molecular weight is 281 g/mol. The fourth-order valence-electron chi connectivity index (χ4n) is 2.89. The van der Waals surface area contributed by atoms with Crippen molar-refractivity contribution in [2.24, 2.45) is 5.92 Å². The zero-order valence-electron chi connectivity index (χ0n) is 12.6. The first-order chi connectivity index (χ1) is 10.3. The van der Waals surface area contributed by atoms with E-state index >= 15 is 0 Å². The smallest absolute Gasteiger partial charge is 0.119 e. The molecule has 0 amide bonds. The predicted molar refractivity (Wildman–Crippen MR) is 86.6 cm³/mol. The van der Waals surface area contributed by atoms with E-state index in [0.717, 1.165) is 31.2 Å². The van der Waals surface area contributed by atoms with Crippen molar-refractivity contribution >= 4 is 0 Å². The molecule has 2 nitrogen and oxygen atoms in total. The van der Waals surface area contributed by atoms with E-state index in [1.54, 1.807) is 0 Å². The molecule has 1 fully saturated rings. The number of ether oxygens (including phenoxy) is 1. The van der Waals surface area contributed by atoms with Crippen LogP contribution in [0.1, 0.15) is 30.5 Å². The largest absolute Gasteiger partial charge is 0.493 e. The maximum Gasteiger partial charge on any atom is 0.119 e. The van der Waals surface area contributed by atoms with Crippen molar-refractivity contribution in [3.63, 3.8) is 0 Å². The minimum Gasteiger partial charge on any atom is -0.493 e. The standard InChI is InChI=1S/C19H23NO/c1-15-13-19(20-14-15)17-7-9-18(10-8-17)21-12-11-16-5-3-2-4-6-16/h2-10,15,19-20H,11-14H2,1H3. The van der Waals surface area contributed by atoms with Gasteiger partial charge in [0.25, 0.3) is 0 Å². The first-order valence-electron chi connectivity index (χ1n) is 7.81. The van der Waals surface area contributed by atoms with Crippen LogP contribution >= 0.6 is 0 Å². The van der Waals surface area contributed by atoms with Crippen molar-refractivity contribution in [3.8, 4) is 5.75 Å². The third-order valence-electron chi connectivity index (χ3n) is 4.14. The molecule has 2 heteroatoms. The van der Waals surface area contributed by atoms with Crippen molar-refractivity contribution < 1.29 is 4.74 Å². The van der Waals surface area contributed by atoms with Gasteiger partial charge in [-0.1, -0.05) is 49.4 Å². The Kier molecular flexibility index (Phi) is 4.56. The summed E-state index contributed by atoms with van der Waals surface area (Å²) in [7, 11) is 0. The molecule has 1 saturated heterocycles. The van der Waals surface area contributed by atoms with E-state index in [1.165, 1.54) is 17.5 Å². The molecule has 2 unspecified atom stereocenters. The molecule has 0 bridgehead atoms. The molecule has 0 aliphatic carbocycles. The second-order valence-electron chi connectivity index (χ2n) is 5.95. The van der Waals surface area contributed by atoms with Crippen molar-refractivity contribution in [1.82, 2.24) is 5.32 Å². The van der Waals surface area contributed by atoms with E-state index in [4.69, 9.17) is 4.74 Å². The number of rotatable bonds is 5. The minimum atomic E-state index is 0.512. The summed E-state index contributed by atoms with van der Waals surface area (Å²) >= 11 is 0. The molecule has 1 aliphatic rings. The summed E-state index contributed by atoms with van der Waals surface area (Å²) in [4.78, 5) is 0. The Morgan fingerprint density at radius 1 is 1.05 bits per heavy atom. The monoisotopic (exact) mass is 281 g/mol. The third-order valence-corrected chi connectivity index (χ3v) is 4.14. The Morgan fingerprint density at radius 3 is 2.48 bits per heavy atom. The molecular formula is C19H23NO. The molecule has 3 rings (SSSR count). The van der Waals surface area contributed by atoms with Gasteiger partial charge in [0.1, 0.15) is 5.75 Å². The number of hydrogen-bond acceptors (Lipinski definition) is 2. The van der Waals surface area contributed by atoms with Crippen LogP contribution in [0.5, 0.6) is 5.75 Å². The van der Waals surface area contributed by atoms with Gasteiger partial charge in [0.2, 0.25) is 0 Å². The quantitative estimate of drug-likeness (QED) is 0.895. The molecular weight excluding hydrogens is 258 g/mol. The first kappa shape index (κ1) is 14.2. The second-order valence-corrected chi connectivity index (χ2v) is 5.95. The van der Waals surface area contributed by atoms with Crippen LogP contribution in [0, 0.1) is 5.92 Å². The fraction of sp³-hybridized carbons (Fsp3) is 0.368. The molecule has 110 valence electrons. The molecule has 2 aromatic carbocycles. The van der Waals surface area contributed by atoms with E-state index < -0.39 is 0 Å². The highest BCUT2D eigenvalue weighted by atomic mass is 16.5. The first-order valence-corrected chi connectivity index (χ1v) is 7.81. The molecule has 1 heterocycles. The van der Waals surface area contributed by atoms with E-state index in [9.17, 15) is 0 Å². The molecule has 0 spiro atoms. The van der Waals surface area contributed by atoms with Crippen LogP contribution in [-0.4, -0.2) is 13.2 Å². The molecule has 1 N–H and O–H groups in total. The van der Waals surface area contributed by atoms with Gasteiger partial charge in [-0.2, -0.15) is 0 Å². The summed E-state index contributed by atoms with van der Waals surface area (Å²) in [5.74, 6) is 1.73. The summed E-state index contributed by atoms with van der Waals surface area (Å²) in [6.07, 6.45) is 2.18. The molecule has 2 atom stereocenters. The zero-order chi connectivity index (χ0) is 14.5. The van der Waals surface area contributed by atoms with Crippen molar-refractivity contribution in [3.05, 3.63) is 65.7 Å². The molecule has 0 aromatic heterocycles. The van der Waals surface area contributed by atoms with Gasteiger partial charge in [-0.3, -0.25) is 0 Å². The Bertz CT molecular complexity index is 550. The van der Waals surface area contributed by atoms with Gasteiger partial charge < -0.3 is 10.1 Å². The molecule has 0 radical (unpaired) electrons. The van der Waals surface area contributed by atoms with Crippen LogP contribution in [0.2, 0.25) is 0 Å². The van der Waals surface area contributed by atoms with E-state index in [0.29, 0.717) is 6.04 Å². The topological polar surface area (TPSA) is 21.3 Å². The van der Waals surface area contributed by atoms with Crippen LogP contribution in [0.3, 0.4) is 0 Å². The van der Waals surface area contributed by atoms with Gasteiger partial charge in [0.05, 0.1) is 6.61 Å². The van der Waals surface area contributed by atoms with Crippen LogP contribution < -0.4 is 10.1 Å². The van der Waals surface area contributed by atoms with Crippen molar-refractivity contribution in [1.29, 1.82) is 0 Å². The summed E-state index contributed by atoms with van der Waals surface area (Å²) in [6.45, 7) is 4.15. The molecule has 1 aliphatic heterocycles. The van der Waals surface area contributed by atoms with Crippen LogP contribution in [-0.2, 0) is 6.42 Å². The van der Waals surface area contributed by atoms with Gasteiger partial charge in [-0.25, -0.2) is 0 Å². The Balaban J connectivity index is 1.50. The summed E-state index contributed by atoms with van der Waals surface area (Å²) in [6, 6.07) is 19.5. The van der Waals surface area contributed by atoms with Gasteiger partial charge >= 0.3 is 0 Å². The Labute approximate surface area is 127 Å². The Morgan fingerprint density at radius 2 is 1.81 bits per heavy atom. The lowest BCUT2D eigenvalue weighted by atomic mass is 10.0. The van der Waals surface area contributed by atoms with E-state index in [2.05, 4.69) is 60.8 Å². The van der Waals surface area contributed by atoms with Crippen molar-refractivity contribution in [2.75, 3.05) is 13.2 Å². The summed E-state index contributed by atoms with van der Waals surface area (Å²) in [5.41, 5.74) is 2.69. The molecule has 0 saturated carbocycles. The van der Waals surface area contributed by atoms with Crippen LogP contribution in [0.15, 0.2) is 54.6 Å². The van der Waals surface area contributed by atoms with Gasteiger partial charge in [0, 0.05) is 12.5 Å². The zero-order valence-corrected chi connectivity index (χ0v) is 12.6. The van der Waals surface area contributed by atoms with Gasteiger partial charge in [-0.15, -0.1) is 0 Å². The average Bonchev–Trinajstić information content (AvgIpc) is 2.96. The Hall–Kier alpha value is -1.80. The second kappa shape index (κ2) is 6.77. The lowest BCUT2D eigenvalue weighted by molar-refractivity contribution is 0.322. The SMILES string of the molecule is CC1CNC(c2ccc(OCCc3ccccc3)cc2)C1. The van der Waals surface area contributed by atoms with Gasteiger partial charge in [0.15, 0.2) is 0 Å². The predicted octanol–water partition coefficient (Wildman–Crippen LogP) is 3.98. The summed E-state index contributed by atoms with van der Waals surface area (Å²) < 4.78 is 5.83. The van der Waals surface area contributed by atoms with E-state index in [1.807, 2.05) is 6.07 Å². The van der Waals surface area contributed by atoms with Gasteiger partial charge in [-0.05, 0) is 42.1 Å². The lowest BCUT2D eigenvalue weighted by Crippen LogP contribution is -2.13. The highest BCUT2D eigenvalue weighted by molar-refractivity contribution is 5.29. The number of hydrogen-bond donors (Lipinski definition) is 1. The fourth-order valence-corrected chi connectivity index (χ4v) is 2.89. The third kappa shape index (κ3) is 3.85. The highest BCUT2D eigenvalue weighted by Gasteiger charge is 2.21. The molecule has 21 heavy (non-hydrogen) atoms. The van der Waals surface area contributed by atoms with Crippen LogP contribution in [0.25, 0.3) is 0 Å². The lowest BCUT2D eigenvalue weighted by Gasteiger charge is -2.12. The van der Waals surface area contributed by atoms with Crippen LogP contribution in [0.4, 0.5) is 0 Å². The van der Waals surface area contributed by atoms with Crippen molar-refractivity contribution in [2.45, 2.75) is 25.8 Å². The number of benzene rings is 2. The molecule has 2 aromatic rings. The maximum absolute atomic E-state index is 5.83.